The van der Waals surface area contributed by atoms with Crippen LogP contribution in [0.25, 0.3) is 10.9 Å². The summed E-state index contributed by atoms with van der Waals surface area (Å²) in [6.45, 7) is 5.10. The van der Waals surface area contributed by atoms with Crippen molar-refractivity contribution in [2.45, 2.75) is 33.0 Å². The Morgan fingerprint density at radius 2 is 2.21 bits per heavy atom. The molecule has 0 saturated carbocycles. The average molecular weight is 377 g/mol. The van der Waals surface area contributed by atoms with Crippen molar-refractivity contribution < 1.29 is 4.74 Å². The fraction of sp³-hybridized carbons (Fsp3) is 0.400. The van der Waals surface area contributed by atoms with Gasteiger partial charge in [-0.1, -0.05) is 6.92 Å². The van der Waals surface area contributed by atoms with E-state index < -0.39 is 0 Å². The maximum atomic E-state index is 5.61. The molecule has 0 spiro atoms. The summed E-state index contributed by atoms with van der Waals surface area (Å²) in [5.74, 6) is 1.93. The smallest absolute Gasteiger partial charge is 0.251 e. The van der Waals surface area contributed by atoms with E-state index in [1.165, 1.54) is 0 Å². The zero-order valence-electron chi connectivity index (χ0n) is 15.8. The van der Waals surface area contributed by atoms with E-state index in [1.54, 1.807) is 0 Å². The number of aliphatic imine (C=N–C) groups is 1. The third-order valence-electron chi connectivity index (χ3n) is 5.27. The SMILES string of the molecule is CC1CCC(=Nc2nc3c(c(Nc4ccc5[nH]ncc5c4)n2)COC3)CNC1. The van der Waals surface area contributed by atoms with Crippen molar-refractivity contribution in [1.29, 1.82) is 0 Å². The monoisotopic (exact) mass is 377 g/mol. The van der Waals surface area contributed by atoms with Crippen LogP contribution in [-0.2, 0) is 18.0 Å². The first-order valence-corrected chi connectivity index (χ1v) is 9.69. The highest BCUT2D eigenvalue weighted by atomic mass is 16.5. The predicted molar refractivity (Wildman–Crippen MR) is 108 cm³/mol. The Kier molecular flexibility index (Phi) is 4.50. The molecule has 0 amide bonds. The molecule has 2 aliphatic rings. The zero-order valence-corrected chi connectivity index (χ0v) is 15.8. The van der Waals surface area contributed by atoms with Gasteiger partial charge in [0.25, 0.3) is 5.95 Å². The number of fused-ring (bicyclic) bond motifs is 2. The Morgan fingerprint density at radius 1 is 1.25 bits per heavy atom. The van der Waals surface area contributed by atoms with E-state index in [0.717, 1.165) is 65.3 Å². The van der Waals surface area contributed by atoms with E-state index in [2.05, 4.69) is 32.7 Å². The number of ether oxygens (including phenoxy) is 1. The van der Waals surface area contributed by atoms with Crippen molar-refractivity contribution in [3.8, 4) is 0 Å². The molecule has 0 bridgehead atoms. The third kappa shape index (κ3) is 3.48. The van der Waals surface area contributed by atoms with Crippen LogP contribution in [0.5, 0.6) is 0 Å². The molecule has 1 unspecified atom stereocenters. The summed E-state index contributed by atoms with van der Waals surface area (Å²) in [4.78, 5) is 14.1. The molecule has 2 aromatic heterocycles. The molecular formula is C20H23N7O. The zero-order chi connectivity index (χ0) is 18.9. The molecule has 0 radical (unpaired) electrons. The van der Waals surface area contributed by atoms with E-state index in [4.69, 9.17) is 14.7 Å². The minimum Gasteiger partial charge on any atom is -0.370 e. The number of rotatable bonds is 3. The summed E-state index contributed by atoms with van der Waals surface area (Å²) in [6, 6.07) is 6.06. The lowest BCUT2D eigenvalue weighted by atomic mass is 10.1. The molecule has 4 heterocycles. The number of nitrogens with zero attached hydrogens (tertiary/aromatic N) is 4. The van der Waals surface area contributed by atoms with E-state index in [-0.39, 0.29) is 0 Å². The molecule has 8 heteroatoms. The first kappa shape index (κ1) is 17.3. The number of aromatic nitrogens is 4. The molecule has 8 nitrogen and oxygen atoms in total. The molecule has 1 aromatic carbocycles. The van der Waals surface area contributed by atoms with Gasteiger partial charge < -0.3 is 15.4 Å². The fourth-order valence-corrected chi connectivity index (χ4v) is 3.65. The summed E-state index contributed by atoms with van der Waals surface area (Å²) < 4.78 is 5.61. The second-order valence-electron chi connectivity index (χ2n) is 7.54. The summed E-state index contributed by atoms with van der Waals surface area (Å²) >= 11 is 0. The molecule has 1 fully saturated rings. The van der Waals surface area contributed by atoms with Gasteiger partial charge in [0.05, 0.1) is 30.6 Å². The van der Waals surface area contributed by atoms with Gasteiger partial charge >= 0.3 is 0 Å². The second-order valence-corrected chi connectivity index (χ2v) is 7.54. The van der Waals surface area contributed by atoms with E-state index in [0.29, 0.717) is 25.1 Å². The van der Waals surface area contributed by atoms with Gasteiger partial charge in [0.2, 0.25) is 0 Å². The molecule has 3 N–H and O–H groups in total. The lowest BCUT2D eigenvalue weighted by Gasteiger charge is -2.11. The maximum Gasteiger partial charge on any atom is 0.251 e. The van der Waals surface area contributed by atoms with Crippen molar-refractivity contribution in [3.63, 3.8) is 0 Å². The molecule has 2 aliphatic heterocycles. The Bertz CT molecular complexity index is 1040. The van der Waals surface area contributed by atoms with Crippen molar-refractivity contribution in [1.82, 2.24) is 25.5 Å². The molecule has 3 aromatic rings. The Labute approximate surface area is 162 Å². The van der Waals surface area contributed by atoms with Gasteiger partial charge in [0.15, 0.2) is 0 Å². The van der Waals surface area contributed by atoms with Crippen molar-refractivity contribution in [2.75, 3.05) is 18.4 Å². The van der Waals surface area contributed by atoms with Crippen LogP contribution in [0.2, 0.25) is 0 Å². The van der Waals surface area contributed by atoms with Gasteiger partial charge in [0.1, 0.15) is 5.82 Å². The largest absolute Gasteiger partial charge is 0.370 e. The van der Waals surface area contributed by atoms with E-state index in [9.17, 15) is 0 Å². The number of H-pyrrole nitrogens is 1. The van der Waals surface area contributed by atoms with Gasteiger partial charge in [-0.2, -0.15) is 10.1 Å². The number of benzene rings is 1. The van der Waals surface area contributed by atoms with Crippen LogP contribution in [0, 0.1) is 5.92 Å². The first-order valence-electron chi connectivity index (χ1n) is 9.69. The average Bonchev–Trinajstić information content (AvgIpc) is 3.30. The van der Waals surface area contributed by atoms with Crippen LogP contribution in [0.15, 0.2) is 29.4 Å². The highest BCUT2D eigenvalue weighted by Crippen LogP contribution is 2.30. The highest BCUT2D eigenvalue weighted by molar-refractivity contribution is 5.88. The molecular weight excluding hydrogens is 354 g/mol. The van der Waals surface area contributed by atoms with Crippen molar-refractivity contribution >= 4 is 34.1 Å². The maximum absolute atomic E-state index is 5.61. The van der Waals surface area contributed by atoms with Gasteiger partial charge in [-0.25, -0.2) is 9.98 Å². The standard InChI is InChI=1S/C20H23N7O/c1-12-2-3-15(9-21-7-12)24-20-25-18-11-28-10-16(18)19(26-20)23-14-4-5-17-13(6-14)8-22-27-17/h4-6,8,12,21H,2-3,7,9-11H2,1H3,(H,22,27)(H,23,25,26). The normalized spacial score (nSPS) is 21.0. The summed E-state index contributed by atoms with van der Waals surface area (Å²) in [5.41, 5.74) is 4.98. The van der Waals surface area contributed by atoms with E-state index in [1.807, 2.05) is 24.4 Å². The van der Waals surface area contributed by atoms with Gasteiger partial charge in [0, 0.05) is 28.9 Å². The van der Waals surface area contributed by atoms with Gasteiger partial charge in [-0.3, -0.25) is 5.10 Å². The summed E-state index contributed by atoms with van der Waals surface area (Å²) in [6.07, 6.45) is 3.92. The molecule has 1 saturated heterocycles. The number of aromatic amines is 1. The van der Waals surface area contributed by atoms with Crippen LogP contribution in [0.3, 0.4) is 0 Å². The topological polar surface area (TPSA) is 100 Å². The highest BCUT2D eigenvalue weighted by Gasteiger charge is 2.21. The number of nitrogens with one attached hydrogen (secondary N) is 3. The summed E-state index contributed by atoms with van der Waals surface area (Å²) in [5, 5.41) is 15.0. The number of hydrogen-bond acceptors (Lipinski definition) is 7. The molecule has 144 valence electrons. The molecule has 0 aliphatic carbocycles. The quantitative estimate of drug-likeness (QED) is 0.648. The third-order valence-corrected chi connectivity index (χ3v) is 5.27. The van der Waals surface area contributed by atoms with Crippen molar-refractivity contribution in [2.24, 2.45) is 10.9 Å². The number of anilines is 2. The van der Waals surface area contributed by atoms with Crippen molar-refractivity contribution in [3.05, 3.63) is 35.7 Å². The van der Waals surface area contributed by atoms with Crippen LogP contribution in [-0.4, -0.2) is 39.0 Å². The van der Waals surface area contributed by atoms with Crippen LogP contribution >= 0.6 is 0 Å². The fourth-order valence-electron chi connectivity index (χ4n) is 3.65. The Morgan fingerprint density at radius 3 is 3.18 bits per heavy atom. The van der Waals surface area contributed by atoms with Crippen LogP contribution < -0.4 is 10.6 Å². The predicted octanol–water partition coefficient (Wildman–Crippen LogP) is 3.22. The lowest BCUT2D eigenvalue weighted by Crippen LogP contribution is -2.22. The number of hydrogen-bond donors (Lipinski definition) is 3. The molecule has 28 heavy (non-hydrogen) atoms. The first-order chi connectivity index (χ1) is 13.7. The summed E-state index contributed by atoms with van der Waals surface area (Å²) in [7, 11) is 0. The molecule has 1 atom stereocenters. The second kappa shape index (κ2) is 7.29. The van der Waals surface area contributed by atoms with Crippen LogP contribution in [0.1, 0.15) is 31.0 Å². The Hall–Kier alpha value is -2.84. The van der Waals surface area contributed by atoms with Crippen LogP contribution in [0.4, 0.5) is 17.5 Å². The lowest BCUT2D eigenvalue weighted by molar-refractivity contribution is 0.133. The molecule has 5 rings (SSSR count). The van der Waals surface area contributed by atoms with E-state index >= 15 is 0 Å². The minimum atomic E-state index is 0.500. The Balaban J connectivity index is 1.47. The minimum absolute atomic E-state index is 0.500. The van der Waals surface area contributed by atoms with Gasteiger partial charge in [-0.05, 0) is 43.5 Å². The van der Waals surface area contributed by atoms with Gasteiger partial charge in [-0.15, -0.1) is 0 Å².